The van der Waals surface area contributed by atoms with Crippen LogP contribution < -0.4 is 21.1 Å². The van der Waals surface area contributed by atoms with E-state index in [1.165, 1.54) is 45.6 Å². The Morgan fingerprint density at radius 2 is 1.98 bits per heavy atom. The normalized spacial score (nSPS) is 20.5. The number of anilines is 3. The molecule has 0 unspecified atom stereocenters. The van der Waals surface area contributed by atoms with Crippen molar-refractivity contribution < 1.29 is 28.2 Å². The van der Waals surface area contributed by atoms with Gasteiger partial charge in [0.25, 0.3) is 17.4 Å². The largest absolute Gasteiger partial charge is 0.443 e. The van der Waals surface area contributed by atoms with Crippen LogP contribution in [0, 0.1) is 0 Å². The van der Waals surface area contributed by atoms with Crippen LogP contribution in [-0.2, 0) is 4.74 Å². The maximum Gasteiger partial charge on any atom is 0.415 e. The Balaban J connectivity index is 1.52. The highest BCUT2D eigenvalue weighted by Gasteiger charge is 2.46. The number of fused-ring (bicyclic) bond motifs is 1. The van der Waals surface area contributed by atoms with E-state index >= 15 is 0 Å². The lowest BCUT2D eigenvalue weighted by molar-refractivity contribution is -0.104. The van der Waals surface area contributed by atoms with Crippen LogP contribution in [0.25, 0.3) is 5.65 Å². The van der Waals surface area contributed by atoms with Crippen molar-refractivity contribution >= 4 is 35.0 Å². The molecule has 2 fully saturated rings. The summed E-state index contributed by atoms with van der Waals surface area (Å²) in [5, 5.41) is 20.0. The molecule has 5 rings (SSSR count). The molecule has 3 aromatic rings. The van der Waals surface area contributed by atoms with E-state index in [0.29, 0.717) is 19.3 Å². The van der Waals surface area contributed by atoms with Crippen LogP contribution in [0.4, 0.5) is 30.9 Å². The van der Waals surface area contributed by atoms with E-state index in [-0.39, 0.29) is 34.6 Å². The number of aliphatic hydroxyl groups is 1. The summed E-state index contributed by atoms with van der Waals surface area (Å²) < 4.78 is 35.0. The van der Waals surface area contributed by atoms with Gasteiger partial charge in [-0.2, -0.15) is 9.61 Å². The molecule has 3 aromatic heterocycles. The topological polar surface area (TPSA) is 143 Å². The summed E-state index contributed by atoms with van der Waals surface area (Å²) in [7, 11) is 1.47. The number of carbonyl (C=O) groups is 2. The molecule has 3 heterocycles. The minimum atomic E-state index is -2.79. The van der Waals surface area contributed by atoms with E-state index in [9.17, 15) is 28.3 Å². The van der Waals surface area contributed by atoms with Gasteiger partial charge < -0.3 is 25.0 Å². The molecule has 2 aliphatic rings. The lowest BCUT2D eigenvalue weighted by Gasteiger charge is -2.36. The van der Waals surface area contributed by atoms with Crippen molar-refractivity contribution in [2.24, 2.45) is 0 Å². The highest BCUT2D eigenvalue weighted by atomic mass is 19.3. The fraction of sp³-hybridized carbons (Fsp3) is 0.519. The van der Waals surface area contributed by atoms with Crippen LogP contribution in [-0.4, -0.2) is 67.0 Å². The molecule has 0 radical (unpaired) electrons. The Labute approximate surface area is 234 Å². The summed E-state index contributed by atoms with van der Waals surface area (Å²) in [6, 6.07) is 3.70. The van der Waals surface area contributed by atoms with Crippen molar-refractivity contribution in [3.63, 3.8) is 0 Å². The predicted molar refractivity (Wildman–Crippen MR) is 146 cm³/mol. The van der Waals surface area contributed by atoms with Gasteiger partial charge in [-0.25, -0.2) is 18.6 Å². The minimum absolute atomic E-state index is 0.0795. The first-order valence-electron chi connectivity index (χ1n) is 13.4. The van der Waals surface area contributed by atoms with E-state index < -0.39 is 54.1 Å². The third-order valence-corrected chi connectivity index (χ3v) is 7.15. The highest BCUT2D eigenvalue weighted by molar-refractivity contribution is 6.00. The Morgan fingerprint density at radius 3 is 2.61 bits per heavy atom. The number of hydrogen-bond donors (Lipinski definition) is 3. The smallest absolute Gasteiger partial charge is 0.415 e. The zero-order valence-electron chi connectivity index (χ0n) is 23.2. The number of rotatable bonds is 6. The number of alkyl halides is 2. The van der Waals surface area contributed by atoms with Gasteiger partial charge in [0.2, 0.25) is 0 Å². The van der Waals surface area contributed by atoms with Gasteiger partial charge in [0.15, 0.2) is 5.65 Å². The molecule has 2 atom stereocenters. The van der Waals surface area contributed by atoms with Gasteiger partial charge >= 0.3 is 6.09 Å². The number of pyridine rings is 1. The first kappa shape index (κ1) is 28.5. The lowest BCUT2D eigenvalue weighted by Crippen LogP contribution is -2.41. The van der Waals surface area contributed by atoms with E-state index in [0.717, 1.165) is 0 Å². The van der Waals surface area contributed by atoms with Crippen molar-refractivity contribution in [1.29, 1.82) is 0 Å². The standard InChI is InChI=1S/C27H33F2N7O5/c1-26(2,3)41-25(40)34(4)21-11-20(32-19-6-5-9-35(24(19)39)16-12-27(28,29)13-16)33-22-18(14-30-36(21)22)23(38)31-15-7-8-17(37)10-15/h5-6,9,11,14-17,37H,7-8,10,12-13H2,1-4H3,(H,31,38)(H,32,33)/t15-,17+/m1/s1. The molecule has 12 nitrogen and oxygen atoms in total. The van der Waals surface area contributed by atoms with Gasteiger partial charge in [0, 0.05) is 44.2 Å². The van der Waals surface area contributed by atoms with Gasteiger partial charge in [-0.15, -0.1) is 0 Å². The van der Waals surface area contributed by atoms with Crippen LogP contribution in [0.2, 0.25) is 0 Å². The Kier molecular flexibility index (Phi) is 7.22. The van der Waals surface area contributed by atoms with Crippen molar-refractivity contribution in [2.45, 2.75) is 82.6 Å². The molecule has 14 heteroatoms. The molecule has 0 bridgehead atoms. The first-order chi connectivity index (χ1) is 19.2. The van der Waals surface area contributed by atoms with Gasteiger partial charge in [-0.05, 0) is 52.2 Å². The molecule has 41 heavy (non-hydrogen) atoms. The van der Waals surface area contributed by atoms with Crippen LogP contribution in [0.5, 0.6) is 0 Å². The number of amides is 2. The number of halogens is 2. The van der Waals surface area contributed by atoms with Gasteiger partial charge in [0.05, 0.1) is 12.3 Å². The number of nitrogens with one attached hydrogen (secondary N) is 2. The summed E-state index contributed by atoms with van der Waals surface area (Å²) in [4.78, 5) is 45.0. The monoisotopic (exact) mass is 573 g/mol. The Bertz CT molecular complexity index is 1540. The van der Waals surface area contributed by atoms with Gasteiger partial charge in [-0.1, -0.05) is 0 Å². The molecule has 0 saturated heterocycles. The zero-order valence-corrected chi connectivity index (χ0v) is 23.2. The molecular formula is C27H33F2N7O5. The van der Waals surface area contributed by atoms with Crippen molar-refractivity contribution in [3.05, 3.63) is 46.5 Å². The Hall–Kier alpha value is -4.07. The Morgan fingerprint density at radius 1 is 1.24 bits per heavy atom. The summed E-state index contributed by atoms with van der Waals surface area (Å²) >= 11 is 0. The average molecular weight is 574 g/mol. The molecule has 2 aliphatic carbocycles. The third-order valence-electron chi connectivity index (χ3n) is 7.15. The molecule has 0 aromatic carbocycles. The SMILES string of the molecule is CN(C(=O)OC(C)(C)C)c1cc(Nc2cccn(C3CC(F)(F)C3)c2=O)nc2c(C(=O)N[C@@H]3CC[C@H](O)C3)cnn12. The van der Waals surface area contributed by atoms with Crippen LogP contribution in [0.15, 0.2) is 35.4 Å². The van der Waals surface area contributed by atoms with Gasteiger partial charge in [-0.3, -0.25) is 14.5 Å². The highest BCUT2D eigenvalue weighted by Crippen LogP contribution is 2.44. The second kappa shape index (κ2) is 10.4. The summed E-state index contributed by atoms with van der Waals surface area (Å²) in [6.45, 7) is 5.17. The molecule has 220 valence electrons. The lowest BCUT2D eigenvalue weighted by atomic mass is 9.88. The van der Waals surface area contributed by atoms with Crippen LogP contribution in [0.1, 0.15) is 69.3 Å². The predicted octanol–water partition coefficient (Wildman–Crippen LogP) is 3.62. The minimum Gasteiger partial charge on any atom is -0.443 e. The van der Waals surface area contributed by atoms with Crippen molar-refractivity contribution in [2.75, 3.05) is 17.3 Å². The second-order valence-electron chi connectivity index (χ2n) is 11.6. The number of aliphatic hydroxyl groups excluding tert-OH is 1. The van der Waals surface area contributed by atoms with Crippen molar-refractivity contribution in [3.8, 4) is 0 Å². The molecule has 3 N–H and O–H groups in total. The maximum absolute atomic E-state index is 13.5. The van der Waals surface area contributed by atoms with Crippen LogP contribution >= 0.6 is 0 Å². The molecular weight excluding hydrogens is 540 g/mol. The number of ether oxygens (including phenoxy) is 1. The fourth-order valence-corrected chi connectivity index (χ4v) is 5.04. The number of hydrogen-bond acceptors (Lipinski definition) is 8. The summed E-state index contributed by atoms with van der Waals surface area (Å²) in [5.41, 5.74) is -0.992. The average Bonchev–Trinajstić information content (AvgIpc) is 3.47. The fourth-order valence-electron chi connectivity index (χ4n) is 5.04. The zero-order chi connectivity index (χ0) is 29.7. The molecule has 2 saturated carbocycles. The van der Waals surface area contributed by atoms with E-state index in [2.05, 4.69) is 20.7 Å². The molecule has 0 aliphatic heterocycles. The van der Waals surface area contributed by atoms with Crippen LogP contribution in [0.3, 0.4) is 0 Å². The third kappa shape index (κ3) is 6.01. The number of aromatic nitrogens is 4. The van der Waals surface area contributed by atoms with Gasteiger partial charge in [0.1, 0.15) is 28.5 Å². The molecule has 2 amide bonds. The van der Waals surface area contributed by atoms with E-state index in [1.807, 2.05) is 0 Å². The van der Waals surface area contributed by atoms with E-state index in [1.54, 1.807) is 26.8 Å². The second-order valence-corrected chi connectivity index (χ2v) is 11.6. The number of nitrogens with zero attached hydrogens (tertiary/aromatic N) is 5. The summed E-state index contributed by atoms with van der Waals surface area (Å²) in [5.74, 6) is -2.95. The molecule has 0 spiro atoms. The quantitative estimate of drug-likeness (QED) is 0.406. The van der Waals surface area contributed by atoms with E-state index in [4.69, 9.17) is 4.74 Å². The number of carbonyl (C=O) groups excluding carboxylic acids is 2. The summed E-state index contributed by atoms with van der Waals surface area (Å²) in [6.07, 6.45) is 2.44. The first-order valence-corrected chi connectivity index (χ1v) is 13.4. The van der Waals surface area contributed by atoms with Crippen molar-refractivity contribution in [1.82, 2.24) is 24.5 Å². The maximum atomic E-state index is 13.5.